The highest BCUT2D eigenvalue weighted by molar-refractivity contribution is 6.04. The molecule has 0 fully saturated rings. The predicted octanol–water partition coefficient (Wildman–Crippen LogP) is 3.82. The Kier molecular flexibility index (Phi) is 6.14. The first kappa shape index (κ1) is 19.7. The van der Waals surface area contributed by atoms with E-state index in [1.807, 2.05) is 35.9 Å². The molecule has 5 heteroatoms. The Morgan fingerprint density at radius 1 is 1.07 bits per heavy atom. The average molecular weight is 378 g/mol. The van der Waals surface area contributed by atoms with Gasteiger partial charge in [0.05, 0.1) is 5.56 Å². The number of aromatic nitrogens is 1. The number of esters is 1. The topological polar surface area (TPSA) is 60.3 Å². The van der Waals surface area contributed by atoms with Gasteiger partial charge in [-0.05, 0) is 29.5 Å². The van der Waals surface area contributed by atoms with Crippen molar-refractivity contribution in [3.63, 3.8) is 0 Å². The second-order valence-electron chi connectivity index (χ2n) is 7.24. The summed E-state index contributed by atoms with van der Waals surface area (Å²) in [6.07, 6.45) is 2.47. The molecule has 3 rings (SSSR count). The first-order chi connectivity index (χ1) is 13.5. The van der Waals surface area contributed by atoms with Gasteiger partial charge in [0.15, 0.2) is 6.61 Å². The summed E-state index contributed by atoms with van der Waals surface area (Å²) in [5, 5.41) is 3.62. The van der Waals surface area contributed by atoms with Gasteiger partial charge in [-0.1, -0.05) is 56.3 Å². The fourth-order valence-electron chi connectivity index (χ4n) is 3.18. The molecule has 3 aromatic rings. The number of amides is 1. The van der Waals surface area contributed by atoms with E-state index in [1.54, 1.807) is 6.20 Å². The molecule has 1 amide bonds. The number of nitrogens with zero attached hydrogens (tertiary/aromatic N) is 1. The molecule has 0 aliphatic heterocycles. The van der Waals surface area contributed by atoms with E-state index >= 15 is 0 Å². The van der Waals surface area contributed by atoms with Crippen LogP contribution in [0.15, 0.2) is 54.7 Å². The lowest BCUT2D eigenvalue weighted by molar-refractivity contribution is -0.124. The summed E-state index contributed by atoms with van der Waals surface area (Å²) in [5.74, 6) is -0.284. The van der Waals surface area contributed by atoms with Crippen LogP contribution in [0.25, 0.3) is 10.9 Å². The maximum absolute atomic E-state index is 12.3. The van der Waals surface area contributed by atoms with Gasteiger partial charge >= 0.3 is 5.97 Å². The number of benzene rings is 2. The molecule has 2 aromatic carbocycles. The SMILES string of the molecule is CC(C)c1ccc(CCNC(=O)COC(=O)c2cn(C)c3ccccc23)cc1. The highest BCUT2D eigenvalue weighted by Gasteiger charge is 2.16. The zero-order valence-electron chi connectivity index (χ0n) is 16.6. The molecule has 0 bridgehead atoms. The number of hydrogen-bond acceptors (Lipinski definition) is 3. The summed E-state index contributed by atoms with van der Waals surface area (Å²) >= 11 is 0. The number of aryl methyl sites for hydroxylation is 1. The zero-order valence-corrected chi connectivity index (χ0v) is 16.6. The van der Waals surface area contributed by atoms with Gasteiger partial charge in [-0.25, -0.2) is 4.79 Å². The zero-order chi connectivity index (χ0) is 20.1. The van der Waals surface area contributed by atoms with E-state index in [1.165, 1.54) is 5.56 Å². The van der Waals surface area contributed by atoms with Crippen LogP contribution in [-0.4, -0.2) is 29.6 Å². The molecule has 28 heavy (non-hydrogen) atoms. The van der Waals surface area contributed by atoms with Crippen molar-refractivity contribution < 1.29 is 14.3 Å². The number of carbonyl (C=O) groups excluding carboxylic acids is 2. The lowest BCUT2D eigenvalue weighted by Crippen LogP contribution is -2.30. The number of fused-ring (bicyclic) bond motifs is 1. The van der Waals surface area contributed by atoms with E-state index < -0.39 is 5.97 Å². The average Bonchev–Trinajstić information content (AvgIpc) is 3.03. The molecular weight excluding hydrogens is 352 g/mol. The third-order valence-corrected chi connectivity index (χ3v) is 4.83. The summed E-state index contributed by atoms with van der Waals surface area (Å²) in [5.41, 5.74) is 3.88. The molecule has 146 valence electrons. The van der Waals surface area contributed by atoms with Crippen LogP contribution < -0.4 is 5.32 Å². The molecular formula is C23H26N2O3. The van der Waals surface area contributed by atoms with Crippen LogP contribution in [0.3, 0.4) is 0 Å². The highest BCUT2D eigenvalue weighted by atomic mass is 16.5. The van der Waals surface area contributed by atoms with Crippen molar-refractivity contribution in [2.24, 2.45) is 7.05 Å². The molecule has 0 saturated carbocycles. The second-order valence-corrected chi connectivity index (χ2v) is 7.24. The van der Waals surface area contributed by atoms with Crippen molar-refractivity contribution in [3.05, 3.63) is 71.4 Å². The van der Waals surface area contributed by atoms with Gasteiger partial charge in [-0.3, -0.25) is 4.79 Å². The van der Waals surface area contributed by atoms with Gasteiger partial charge < -0.3 is 14.6 Å². The molecule has 0 saturated heterocycles. The minimum atomic E-state index is -0.490. The minimum Gasteiger partial charge on any atom is -0.452 e. The molecule has 5 nitrogen and oxygen atoms in total. The molecule has 1 heterocycles. The van der Waals surface area contributed by atoms with E-state index in [0.717, 1.165) is 22.9 Å². The second kappa shape index (κ2) is 8.74. The molecule has 0 aliphatic rings. The van der Waals surface area contributed by atoms with Crippen molar-refractivity contribution in [2.45, 2.75) is 26.2 Å². The largest absolute Gasteiger partial charge is 0.452 e. The van der Waals surface area contributed by atoms with E-state index in [-0.39, 0.29) is 12.5 Å². The van der Waals surface area contributed by atoms with Crippen molar-refractivity contribution in [1.82, 2.24) is 9.88 Å². The number of hydrogen-bond donors (Lipinski definition) is 1. The van der Waals surface area contributed by atoms with Gasteiger partial charge in [0.2, 0.25) is 0 Å². The number of para-hydroxylation sites is 1. The molecule has 0 radical (unpaired) electrons. The smallest absolute Gasteiger partial charge is 0.340 e. The molecule has 0 aliphatic carbocycles. The Labute approximate surface area is 165 Å². The van der Waals surface area contributed by atoms with Crippen molar-refractivity contribution in [2.75, 3.05) is 13.2 Å². The standard InChI is InChI=1S/C23H26N2O3/c1-16(2)18-10-8-17(9-11-18)12-13-24-22(26)15-28-23(27)20-14-25(3)21-7-5-4-6-19(20)21/h4-11,14,16H,12-13,15H2,1-3H3,(H,24,26). The van der Waals surface area contributed by atoms with Crippen LogP contribution in [0.1, 0.15) is 41.3 Å². The Hall–Kier alpha value is -3.08. The van der Waals surface area contributed by atoms with Gasteiger partial charge in [0, 0.05) is 30.7 Å². The summed E-state index contributed by atoms with van der Waals surface area (Å²) in [6, 6.07) is 16.0. The molecule has 0 atom stereocenters. The van der Waals surface area contributed by atoms with Gasteiger partial charge in [-0.15, -0.1) is 0 Å². The quantitative estimate of drug-likeness (QED) is 0.636. The maximum Gasteiger partial charge on any atom is 0.340 e. The first-order valence-electron chi connectivity index (χ1n) is 9.52. The maximum atomic E-state index is 12.3. The van der Waals surface area contributed by atoms with E-state index in [0.29, 0.717) is 18.0 Å². The minimum absolute atomic E-state index is 0.283. The van der Waals surface area contributed by atoms with Gasteiger partial charge in [-0.2, -0.15) is 0 Å². The van der Waals surface area contributed by atoms with Gasteiger partial charge in [0.1, 0.15) is 0 Å². The summed E-state index contributed by atoms with van der Waals surface area (Å²) in [7, 11) is 1.87. The van der Waals surface area contributed by atoms with Crippen molar-refractivity contribution >= 4 is 22.8 Å². The van der Waals surface area contributed by atoms with Crippen LogP contribution in [0, 0.1) is 0 Å². The molecule has 0 unspecified atom stereocenters. The van der Waals surface area contributed by atoms with Crippen LogP contribution in [-0.2, 0) is 23.0 Å². The normalized spacial score (nSPS) is 11.0. The van der Waals surface area contributed by atoms with E-state index in [2.05, 4.69) is 43.4 Å². The Morgan fingerprint density at radius 3 is 2.50 bits per heavy atom. The summed E-state index contributed by atoms with van der Waals surface area (Å²) in [6.45, 7) is 4.55. The first-order valence-corrected chi connectivity index (χ1v) is 9.52. The van der Waals surface area contributed by atoms with Crippen LogP contribution in [0.2, 0.25) is 0 Å². The van der Waals surface area contributed by atoms with Gasteiger partial charge in [0.25, 0.3) is 5.91 Å². The third kappa shape index (κ3) is 4.60. The number of carbonyl (C=O) groups is 2. The Bertz CT molecular complexity index is 971. The van der Waals surface area contributed by atoms with Crippen molar-refractivity contribution in [1.29, 1.82) is 0 Å². The van der Waals surface area contributed by atoms with Crippen LogP contribution >= 0.6 is 0 Å². The fraction of sp³-hybridized carbons (Fsp3) is 0.304. The molecule has 0 spiro atoms. The highest BCUT2D eigenvalue weighted by Crippen LogP contribution is 2.21. The summed E-state index contributed by atoms with van der Waals surface area (Å²) in [4.78, 5) is 24.3. The fourth-order valence-corrected chi connectivity index (χ4v) is 3.18. The third-order valence-electron chi connectivity index (χ3n) is 4.83. The van der Waals surface area contributed by atoms with E-state index in [4.69, 9.17) is 4.74 Å². The lowest BCUT2D eigenvalue weighted by Gasteiger charge is -2.08. The van der Waals surface area contributed by atoms with Crippen molar-refractivity contribution in [3.8, 4) is 0 Å². The molecule has 1 N–H and O–H groups in total. The van der Waals surface area contributed by atoms with Crippen LogP contribution in [0.4, 0.5) is 0 Å². The predicted molar refractivity (Wildman–Crippen MR) is 110 cm³/mol. The van der Waals surface area contributed by atoms with Crippen LogP contribution in [0.5, 0.6) is 0 Å². The monoisotopic (exact) mass is 378 g/mol. The number of ether oxygens (including phenoxy) is 1. The molecule has 1 aromatic heterocycles. The van der Waals surface area contributed by atoms with E-state index in [9.17, 15) is 9.59 Å². The Balaban J connectivity index is 1.47. The lowest BCUT2D eigenvalue weighted by atomic mass is 10.0. The Morgan fingerprint density at radius 2 is 1.79 bits per heavy atom. The number of rotatable bonds is 7. The number of nitrogens with one attached hydrogen (secondary N) is 1. The summed E-state index contributed by atoms with van der Waals surface area (Å²) < 4.78 is 7.06.